The van der Waals surface area contributed by atoms with E-state index < -0.39 is 0 Å². The first-order chi connectivity index (χ1) is 10.7. The summed E-state index contributed by atoms with van der Waals surface area (Å²) in [5.41, 5.74) is 8.17. The number of ether oxygens (including phenoxy) is 1. The van der Waals surface area contributed by atoms with Gasteiger partial charge in [-0.15, -0.1) is 0 Å². The van der Waals surface area contributed by atoms with Gasteiger partial charge < -0.3 is 20.9 Å². The first-order valence-corrected chi connectivity index (χ1v) is 7.06. The zero-order valence-corrected chi connectivity index (χ0v) is 12.3. The minimum atomic E-state index is 0.139. The van der Waals surface area contributed by atoms with Gasteiger partial charge in [0.1, 0.15) is 11.5 Å². The lowest BCUT2D eigenvalue weighted by Gasteiger charge is -2.12. The number of phenolic OH excluding ortho intramolecular Hbond substituents is 1. The zero-order chi connectivity index (χ0) is 15.5. The van der Waals surface area contributed by atoms with Crippen molar-refractivity contribution in [3.8, 4) is 11.5 Å². The predicted molar refractivity (Wildman–Crippen MR) is 90.3 cm³/mol. The molecule has 0 aliphatic carbocycles. The third-order valence-electron chi connectivity index (χ3n) is 3.71. The number of nitrogen functional groups attached to an aromatic ring is 1. The lowest BCUT2D eigenvalue weighted by Crippen LogP contribution is -2.01. The lowest BCUT2D eigenvalue weighted by atomic mass is 10.0. The molecule has 3 aromatic rings. The highest BCUT2D eigenvalue weighted by Gasteiger charge is 2.09. The quantitative estimate of drug-likeness (QED) is 0.506. The Bertz CT molecular complexity index is 798. The monoisotopic (exact) mass is 294 g/mol. The second kappa shape index (κ2) is 5.85. The molecule has 0 radical (unpaired) electrons. The minimum Gasteiger partial charge on any atom is -0.505 e. The molecule has 0 aliphatic rings. The third-order valence-corrected chi connectivity index (χ3v) is 3.71. The Labute approximate surface area is 129 Å². The molecule has 0 unspecified atom stereocenters. The van der Waals surface area contributed by atoms with Crippen LogP contribution in [-0.2, 0) is 6.54 Å². The summed E-state index contributed by atoms with van der Waals surface area (Å²) < 4.78 is 5.13. The molecule has 0 atom stereocenters. The third kappa shape index (κ3) is 2.63. The Morgan fingerprint density at radius 1 is 1.09 bits per heavy atom. The predicted octanol–water partition coefficient (Wildman–Crippen LogP) is 3.75. The molecule has 112 valence electrons. The molecule has 0 saturated heterocycles. The van der Waals surface area contributed by atoms with Crippen LogP contribution in [0.5, 0.6) is 11.5 Å². The normalized spacial score (nSPS) is 10.6. The fraction of sp³-hybridized carbons (Fsp3) is 0.111. The van der Waals surface area contributed by atoms with E-state index in [1.165, 1.54) is 0 Å². The van der Waals surface area contributed by atoms with Crippen molar-refractivity contribution in [2.75, 3.05) is 18.2 Å². The van der Waals surface area contributed by atoms with Crippen LogP contribution in [0.3, 0.4) is 0 Å². The van der Waals surface area contributed by atoms with Crippen LogP contribution in [0.15, 0.2) is 54.6 Å². The maximum absolute atomic E-state index is 10.3. The summed E-state index contributed by atoms with van der Waals surface area (Å²) in [6.07, 6.45) is 0. The van der Waals surface area contributed by atoms with Crippen LogP contribution in [0.4, 0.5) is 11.4 Å². The van der Waals surface area contributed by atoms with Crippen LogP contribution >= 0.6 is 0 Å². The molecule has 0 saturated carbocycles. The Kier molecular flexibility index (Phi) is 3.74. The fourth-order valence-corrected chi connectivity index (χ4v) is 2.47. The van der Waals surface area contributed by atoms with E-state index in [9.17, 15) is 5.11 Å². The Hall–Kier alpha value is -2.88. The molecule has 0 amide bonds. The molecule has 4 N–H and O–H groups in total. The molecule has 3 rings (SSSR count). The minimum absolute atomic E-state index is 0.139. The van der Waals surface area contributed by atoms with E-state index in [1.807, 2.05) is 54.6 Å². The van der Waals surface area contributed by atoms with E-state index >= 15 is 0 Å². The van der Waals surface area contributed by atoms with E-state index in [-0.39, 0.29) is 5.75 Å². The van der Waals surface area contributed by atoms with Crippen molar-refractivity contribution in [2.24, 2.45) is 0 Å². The van der Waals surface area contributed by atoms with E-state index in [0.29, 0.717) is 12.2 Å². The Morgan fingerprint density at radius 3 is 2.55 bits per heavy atom. The topological polar surface area (TPSA) is 67.5 Å². The average Bonchev–Trinajstić information content (AvgIpc) is 2.57. The molecule has 0 spiro atoms. The molecular formula is C18H18N2O2. The number of phenols is 1. The van der Waals surface area contributed by atoms with Crippen LogP contribution in [0.25, 0.3) is 10.8 Å². The first-order valence-electron chi connectivity index (χ1n) is 7.06. The van der Waals surface area contributed by atoms with E-state index in [4.69, 9.17) is 10.5 Å². The Morgan fingerprint density at radius 2 is 1.82 bits per heavy atom. The van der Waals surface area contributed by atoms with Gasteiger partial charge >= 0.3 is 0 Å². The van der Waals surface area contributed by atoms with Gasteiger partial charge in [-0.2, -0.15) is 0 Å². The van der Waals surface area contributed by atoms with Crippen molar-refractivity contribution in [1.82, 2.24) is 0 Å². The van der Waals surface area contributed by atoms with Gasteiger partial charge in [-0.1, -0.05) is 24.3 Å². The van der Waals surface area contributed by atoms with Crippen LogP contribution in [0, 0.1) is 0 Å². The van der Waals surface area contributed by atoms with E-state index in [2.05, 4.69) is 5.32 Å². The van der Waals surface area contributed by atoms with Crippen molar-refractivity contribution in [1.29, 1.82) is 0 Å². The molecule has 0 aromatic heterocycles. The molecule has 0 fully saturated rings. The van der Waals surface area contributed by atoms with Crippen LogP contribution in [0.1, 0.15) is 5.56 Å². The van der Waals surface area contributed by atoms with Gasteiger partial charge in [0.05, 0.1) is 12.8 Å². The fourth-order valence-electron chi connectivity index (χ4n) is 2.47. The number of hydrogen-bond donors (Lipinski definition) is 3. The smallest absolute Gasteiger partial charge is 0.144 e. The van der Waals surface area contributed by atoms with Crippen molar-refractivity contribution in [3.63, 3.8) is 0 Å². The maximum atomic E-state index is 10.3. The molecule has 0 bridgehead atoms. The maximum Gasteiger partial charge on any atom is 0.144 e. The van der Waals surface area contributed by atoms with Crippen LogP contribution in [-0.4, -0.2) is 12.2 Å². The highest BCUT2D eigenvalue weighted by atomic mass is 16.5. The summed E-state index contributed by atoms with van der Waals surface area (Å²) in [5, 5.41) is 15.4. The van der Waals surface area contributed by atoms with Crippen molar-refractivity contribution in [3.05, 3.63) is 60.2 Å². The Balaban J connectivity index is 1.85. The van der Waals surface area contributed by atoms with Gasteiger partial charge in [-0.05, 0) is 35.7 Å². The van der Waals surface area contributed by atoms with Gasteiger partial charge in [-0.25, -0.2) is 0 Å². The highest BCUT2D eigenvalue weighted by Crippen LogP contribution is 2.34. The number of hydrogen-bond acceptors (Lipinski definition) is 4. The SMILES string of the molecule is COc1ccc(NCc2cc3ccccc3c(N)c2O)cc1. The molecule has 4 heteroatoms. The van der Waals surface area contributed by atoms with Crippen LogP contribution < -0.4 is 15.8 Å². The lowest BCUT2D eigenvalue weighted by molar-refractivity contribution is 0.415. The summed E-state index contributed by atoms with van der Waals surface area (Å²) >= 11 is 0. The summed E-state index contributed by atoms with van der Waals surface area (Å²) in [7, 11) is 1.64. The number of nitrogens with one attached hydrogen (secondary N) is 1. The highest BCUT2D eigenvalue weighted by molar-refractivity contribution is 5.96. The van der Waals surface area contributed by atoms with Crippen LogP contribution in [0.2, 0.25) is 0 Å². The number of benzene rings is 3. The largest absolute Gasteiger partial charge is 0.505 e. The summed E-state index contributed by atoms with van der Waals surface area (Å²) in [5.74, 6) is 0.947. The second-order valence-corrected chi connectivity index (χ2v) is 5.10. The molecular weight excluding hydrogens is 276 g/mol. The first kappa shape index (κ1) is 14.1. The van der Waals surface area contributed by atoms with Crippen molar-refractivity contribution >= 4 is 22.1 Å². The summed E-state index contributed by atoms with van der Waals surface area (Å²) in [4.78, 5) is 0. The van der Waals surface area contributed by atoms with E-state index in [1.54, 1.807) is 7.11 Å². The van der Waals surface area contributed by atoms with Gasteiger partial charge in [0.2, 0.25) is 0 Å². The van der Waals surface area contributed by atoms with E-state index in [0.717, 1.165) is 27.8 Å². The molecule has 3 aromatic carbocycles. The molecule has 0 aliphatic heterocycles. The number of anilines is 2. The number of aromatic hydroxyl groups is 1. The molecule has 0 heterocycles. The van der Waals surface area contributed by atoms with Gasteiger partial charge in [0, 0.05) is 23.2 Å². The van der Waals surface area contributed by atoms with Gasteiger partial charge in [0.15, 0.2) is 0 Å². The summed E-state index contributed by atoms with van der Waals surface area (Å²) in [6.45, 7) is 0.493. The standard InChI is InChI=1S/C18H18N2O2/c1-22-15-8-6-14(7-9-15)20-11-13-10-12-4-2-3-5-16(12)17(19)18(13)21/h2-10,20-21H,11,19H2,1H3. The zero-order valence-electron chi connectivity index (χ0n) is 12.3. The molecule has 22 heavy (non-hydrogen) atoms. The molecule has 4 nitrogen and oxygen atoms in total. The number of fused-ring (bicyclic) bond motifs is 1. The number of methoxy groups -OCH3 is 1. The number of nitrogens with two attached hydrogens (primary N) is 1. The van der Waals surface area contributed by atoms with Gasteiger partial charge in [-0.3, -0.25) is 0 Å². The van der Waals surface area contributed by atoms with Gasteiger partial charge in [0.25, 0.3) is 0 Å². The summed E-state index contributed by atoms with van der Waals surface area (Å²) in [6, 6.07) is 17.4. The average molecular weight is 294 g/mol. The van der Waals surface area contributed by atoms with Crippen molar-refractivity contribution < 1.29 is 9.84 Å². The second-order valence-electron chi connectivity index (χ2n) is 5.10. The van der Waals surface area contributed by atoms with Crippen molar-refractivity contribution in [2.45, 2.75) is 6.54 Å². The number of rotatable bonds is 4.